The maximum Gasteiger partial charge on any atom is 0.191 e. The van der Waals surface area contributed by atoms with Crippen LogP contribution in [0.1, 0.15) is 25.7 Å². The van der Waals surface area contributed by atoms with Crippen molar-refractivity contribution in [2.24, 2.45) is 10.7 Å². The van der Waals surface area contributed by atoms with Crippen molar-refractivity contribution < 1.29 is 8.42 Å². The van der Waals surface area contributed by atoms with Crippen LogP contribution in [0.15, 0.2) is 29.3 Å². The van der Waals surface area contributed by atoms with Crippen LogP contribution in [0.3, 0.4) is 0 Å². The number of sulfone groups is 1. The van der Waals surface area contributed by atoms with E-state index in [9.17, 15) is 8.42 Å². The second-order valence-electron chi connectivity index (χ2n) is 7.29. The molecule has 1 saturated carbocycles. The molecule has 0 spiro atoms. The minimum atomic E-state index is -3.14. The number of nitrogens with two attached hydrogens (primary N) is 1. The second-order valence-corrected chi connectivity index (χ2v) is 10.1. The summed E-state index contributed by atoms with van der Waals surface area (Å²) in [6, 6.07) is 7.83. The third-order valence-corrected chi connectivity index (χ3v) is 7.99. The average molecular weight is 399 g/mol. The molecule has 1 saturated heterocycles. The molecule has 2 fully saturated rings. The predicted octanol–water partition coefficient (Wildman–Crippen LogP) is 2.13. The highest BCUT2D eigenvalue weighted by Gasteiger charge is 2.43. The fourth-order valence-electron chi connectivity index (χ4n) is 3.84. The van der Waals surface area contributed by atoms with E-state index in [0.717, 1.165) is 49.7 Å². The number of benzene rings is 1. The van der Waals surface area contributed by atoms with Gasteiger partial charge in [0, 0.05) is 43.1 Å². The number of hydrogen-bond donors (Lipinski definition) is 1. The van der Waals surface area contributed by atoms with Gasteiger partial charge in [0.1, 0.15) is 0 Å². The summed E-state index contributed by atoms with van der Waals surface area (Å²) in [5.74, 6) is 0.454. The fraction of sp³-hybridized carbons (Fsp3) is 0.611. The summed E-state index contributed by atoms with van der Waals surface area (Å²) in [7, 11) is -3.14. The molecule has 144 valence electrons. The summed E-state index contributed by atoms with van der Waals surface area (Å²) in [6.45, 7) is 3.49. The van der Waals surface area contributed by atoms with E-state index in [0.29, 0.717) is 18.8 Å². The van der Waals surface area contributed by atoms with Gasteiger partial charge in [0.05, 0.1) is 11.3 Å². The molecule has 1 aliphatic heterocycles. The molecule has 2 N–H and O–H groups in total. The molecular formula is C18H27ClN4O2S. The number of anilines is 1. The van der Waals surface area contributed by atoms with Crippen molar-refractivity contribution >= 4 is 33.1 Å². The zero-order valence-electron chi connectivity index (χ0n) is 15.2. The normalized spacial score (nSPS) is 21.2. The van der Waals surface area contributed by atoms with Crippen LogP contribution in [0.2, 0.25) is 5.02 Å². The maximum atomic E-state index is 12.2. The van der Waals surface area contributed by atoms with Crippen LogP contribution < -0.4 is 10.6 Å². The number of nitrogens with zero attached hydrogens (tertiary/aromatic N) is 3. The van der Waals surface area contributed by atoms with Crippen molar-refractivity contribution in [2.75, 3.05) is 43.9 Å². The zero-order chi connectivity index (χ0) is 18.8. The highest BCUT2D eigenvalue weighted by atomic mass is 35.5. The van der Waals surface area contributed by atoms with Gasteiger partial charge in [-0.1, -0.05) is 24.4 Å². The molecule has 26 heavy (non-hydrogen) atoms. The Labute approximate surface area is 160 Å². The smallest absolute Gasteiger partial charge is 0.191 e. The molecule has 1 aliphatic carbocycles. The molecule has 6 nitrogen and oxygen atoms in total. The molecule has 1 heterocycles. The summed E-state index contributed by atoms with van der Waals surface area (Å²) in [5, 5.41) is 0.732. The topological polar surface area (TPSA) is 79.0 Å². The molecule has 0 aromatic heterocycles. The summed E-state index contributed by atoms with van der Waals surface area (Å²) in [5.41, 5.74) is 7.32. The first kappa shape index (κ1) is 19.3. The van der Waals surface area contributed by atoms with Crippen LogP contribution in [0, 0.1) is 0 Å². The Balaban J connectivity index is 1.60. The van der Waals surface area contributed by atoms with E-state index >= 15 is 0 Å². The van der Waals surface area contributed by atoms with E-state index in [1.807, 2.05) is 29.2 Å². The first-order valence-corrected chi connectivity index (χ1v) is 11.3. The predicted molar refractivity (Wildman–Crippen MR) is 108 cm³/mol. The van der Waals surface area contributed by atoms with Crippen molar-refractivity contribution in [3.63, 3.8) is 0 Å². The lowest BCUT2D eigenvalue weighted by molar-refractivity contribution is 0.379. The minimum Gasteiger partial charge on any atom is -0.370 e. The largest absolute Gasteiger partial charge is 0.370 e. The number of aliphatic imine (C=N–C) groups is 1. The monoisotopic (exact) mass is 398 g/mol. The van der Waals surface area contributed by atoms with E-state index in [-0.39, 0.29) is 6.54 Å². The first-order chi connectivity index (χ1) is 12.3. The van der Waals surface area contributed by atoms with Gasteiger partial charge in [-0.2, -0.15) is 0 Å². The minimum absolute atomic E-state index is 0.273. The number of hydrogen-bond acceptors (Lipinski definition) is 4. The number of rotatable bonds is 4. The molecule has 8 heteroatoms. The van der Waals surface area contributed by atoms with Crippen molar-refractivity contribution in [1.82, 2.24) is 4.90 Å². The lowest BCUT2D eigenvalue weighted by Gasteiger charge is -2.37. The van der Waals surface area contributed by atoms with Gasteiger partial charge < -0.3 is 15.5 Å². The summed E-state index contributed by atoms with van der Waals surface area (Å²) >= 11 is 5.95. The third-order valence-electron chi connectivity index (χ3n) is 5.63. The van der Waals surface area contributed by atoms with Crippen molar-refractivity contribution in [3.8, 4) is 0 Å². The van der Waals surface area contributed by atoms with Gasteiger partial charge >= 0.3 is 0 Å². The Hall–Kier alpha value is -1.47. The van der Waals surface area contributed by atoms with Crippen LogP contribution in [0.5, 0.6) is 0 Å². The molecule has 0 bridgehead atoms. The lowest BCUT2D eigenvalue weighted by Crippen LogP contribution is -2.51. The number of guanidine groups is 1. The Morgan fingerprint density at radius 2 is 1.73 bits per heavy atom. The molecule has 0 radical (unpaired) electrons. The summed E-state index contributed by atoms with van der Waals surface area (Å²) in [4.78, 5) is 8.81. The highest BCUT2D eigenvalue weighted by molar-refractivity contribution is 7.92. The summed E-state index contributed by atoms with van der Waals surface area (Å²) < 4.78 is 23.7. The van der Waals surface area contributed by atoms with Gasteiger partial charge in [-0.25, -0.2) is 8.42 Å². The molecule has 3 rings (SSSR count). The van der Waals surface area contributed by atoms with Crippen LogP contribution in [-0.2, 0) is 9.84 Å². The van der Waals surface area contributed by atoms with Crippen molar-refractivity contribution in [3.05, 3.63) is 29.3 Å². The standard InChI is InChI=1S/C18H27ClN4O2S/c1-26(24,25)18(8-2-3-9-18)14-21-17(20)23-12-10-22(11-13-23)16-6-4-15(19)5-7-16/h4-7H,2-3,8-14H2,1H3,(H2,20,21). The Morgan fingerprint density at radius 3 is 2.27 bits per heavy atom. The van der Waals surface area contributed by atoms with Gasteiger partial charge in [-0.15, -0.1) is 0 Å². The molecule has 2 aliphatic rings. The van der Waals surface area contributed by atoms with Crippen molar-refractivity contribution in [2.45, 2.75) is 30.4 Å². The highest BCUT2D eigenvalue weighted by Crippen LogP contribution is 2.36. The molecule has 0 unspecified atom stereocenters. The summed E-state index contributed by atoms with van der Waals surface area (Å²) in [6.07, 6.45) is 4.60. The van der Waals surface area contributed by atoms with E-state index < -0.39 is 14.6 Å². The van der Waals surface area contributed by atoms with E-state index in [1.165, 1.54) is 6.26 Å². The number of piperazine rings is 1. The molecule has 0 atom stereocenters. The van der Waals surface area contributed by atoms with Crippen LogP contribution in [0.25, 0.3) is 0 Å². The average Bonchev–Trinajstić information content (AvgIpc) is 3.11. The SMILES string of the molecule is CS(=O)(=O)C1(CN=C(N)N2CCN(c3ccc(Cl)cc3)CC2)CCCC1. The van der Waals surface area contributed by atoms with Gasteiger partial charge in [0.25, 0.3) is 0 Å². The van der Waals surface area contributed by atoms with Crippen LogP contribution >= 0.6 is 11.6 Å². The third kappa shape index (κ3) is 4.09. The fourth-order valence-corrected chi connectivity index (χ4v) is 5.29. The van der Waals surface area contributed by atoms with Crippen LogP contribution in [0.4, 0.5) is 5.69 Å². The van der Waals surface area contributed by atoms with Gasteiger partial charge in [-0.05, 0) is 37.1 Å². The molecule has 0 amide bonds. The Kier molecular flexibility index (Phi) is 5.67. The lowest BCUT2D eigenvalue weighted by atomic mass is 10.1. The molecule has 1 aromatic carbocycles. The van der Waals surface area contributed by atoms with Gasteiger partial charge in [0.2, 0.25) is 0 Å². The first-order valence-electron chi connectivity index (χ1n) is 9.06. The van der Waals surface area contributed by atoms with Crippen LogP contribution in [-0.4, -0.2) is 63.0 Å². The Bertz CT molecular complexity index is 750. The number of halogens is 1. The molecular weight excluding hydrogens is 372 g/mol. The maximum absolute atomic E-state index is 12.2. The van der Waals surface area contributed by atoms with E-state index in [2.05, 4.69) is 9.89 Å². The Morgan fingerprint density at radius 1 is 1.15 bits per heavy atom. The second kappa shape index (κ2) is 7.64. The quantitative estimate of drug-likeness (QED) is 0.620. The van der Waals surface area contributed by atoms with E-state index in [1.54, 1.807) is 0 Å². The molecule has 1 aromatic rings. The van der Waals surface area contributed by atoms with Crippen molar-refractivity contribution in [1.29, 1.82) is 0 Å². The van der Waals surface area contributed by atoms with Gasteiger partial charge in [-0.3, -0.25) is 4.99 Å². The zero-order valence-corrected chi connectivity index (χ0v) is 16.8. The van der Waals surface area contributed by atoms with Gasteiger partial charge in [0.15, 0.2) is 15.8 Å². The van der Waals surface area contributed by atoms with E-state index in [4.69, 9.17) is 17.3 Å².